The Morgan fingerprint density at radius 1 is 1.44 bits per heavy atom. The van der Waals surface area contributed by atoms with E-state index in [0.29, 0.717) is 18.1 Å². The molecule has 0 radical (unpaired) electrons. The molecule has 2 aliphatic rings. The summed E-state index contributed by atoms with van der Waals surface area (Å²) in [6.45, 7) is 7.15. The first-order valence-electron chi connectivity index (χ1n) is 6.47. The van der Waals surface area contributed by atoms with Crippen molar-refractivity contribution < 1.29 is 9.53 Å². The Kier molecular flexibility index (Phi) is 3.24. The van der Waals surface area contributed by atoms with Gasteiger partial charge in [0, 0.05) is 24.0 Å². The highest BCUT2D eigenvalue weighted by molar-refractivity contribution is 5.79. The molecule has 2 aliphatic carbocycles. The number of hydrogen-bond donors (Lipinski definition) is 1. The second kappa shape index (κ2) is 4.36. The van der Waals surface area contributed by atoms with Gasteiger partial charge in [-0.2, -0.15) is 0 Å². The summed E-state index contributed by atoms with van der Waals surface area (Å²) in [7, 11) is 0. The van der Waals surface area contributed by atoms with Crippen molar-refractivity contribution >= 4 is 5.91 Å². The topological polar surface area (TPSA) is 38.3 Å². The van der Waals surface area contributed by atoms with E-state index in [1.807, 2.05) is 6.92 Å². The number of nitrogens with one attached hydrogen (secondary N) is 1. The van der Waals surface area contributed by atoms with Crippen molar-refractivity contribution in [1.29, 1.82) is 0 Å². The van der Waals surface area contributed by atoms with Gasteiger partial charge in [-0.15, -0.1) is 0 Å². The summed E-state index contributed by atoms with van der Waals surface area (Å²) in [5.41, 5.74) is 0.0927. The first kappa shape index (κ1) is 11.9. The zero-order valence-corrected chi connectivity index (χ0v) is 10.6. The molecule has 0 aromatic carbocycles. The van der Waals surface area contributed by atoms with E-state index in [2.05, 4.69) is 19.2 Å². The molecule has 0 bridgehead atoms. The minimum absolute atomic E-state index is 0.0927. The standard InChI is InChI=1S/C13H23NO2/c1-4-16-11-8-10(13(11,2)3)14-12(15)9-6-5-7-9/h9-11H,4-8H2,1-3H3,(H,14,15)/t10-,11+/m0/s1. The fourth-order valence-electron chi connectivity index (χ4n) is 2.57. The van der Waals surface area contributed by atoms with E-state index < -0.39 is 0 Å². The van der Waals surface area contributed by atoms with Crippen molar-refractivity contribution in [1.82, 2.24) is 5.32 Å². The Bertz CT molecular complexity index is 271. The third-order valence-corrected chi connectivity index (χ3v) is 4.34. The van der Waals surface area contributed by atoms with Crippen LogP contribution in [0.3, 0.4) is 0 Å². The largest absolute Gasteiger partial charge is 0.378 e. The zero-order valence-electron chi connectivity index (χ0n) is 10.6. The lowest BCUT2D eigenvalue weighted by Crippen LogP contribution is -2.62. The maximum absolute atomic E-state index is 11.8. The summed E-state index contributed by atoms with van der Waals surface area (Å²) in [6, 6.07) is 0.303. The van der Waals surface area contributed by atoms with Crippen LogP contribution in [0.1, 0.15) is 46.5 Å². The number of carbonyl (C=O) groups excluding carboxylic acids is 1. The molecule has 0 aromatic heterocycles. The van der Waals surface area contributed by atoms with Gasteiger partial charge in [0.15, 0.2) is 0 Å². The molecule has 2 rings (SSSR count). The van der Waals surface area contributed by atoms with Crippen LogP contribution in [0.25, 0.3) is 0 Å². The van der Waals surface area contributed by atoms with Crippen LogP contribution in [0.5, 0.6) is 0 Å². The van der Waals surface area contributed by atoms with Crippen molar-refractivity contribution in [2.24, 2.45) is 11.3 Å². The van der Waals surface area contributed by atoms with Crippen LogP contribution in [-0.2, 0) is 9.53 Å². The normalized spacial score (nSPS) is 32.7. The lowest BCUT2D eigenvalue weighted by Gasteiger charge is -2.52. The highest BCUT2D eigenvalue weighted by Gasteiger charge is 2.50. The number of ether oxygens (including phenoxy) is 1. The molecule has 2 saturated carbocycles. The number of carbonyl (C=O) groups is 1. The Morgan fingerprint density at radius 3 is 2.56 bits per heavy atom. The monoisotopic (exact) mass is 225 g/mol. The van der Waals surface area contributed by atoms with Gasteiger partial charge in [-0.3, -0.25) is 4.79 Å². The van der Waals surface area contributed by atoms with Crippen LogP contribution in [0.2, 0.25) is 0 Å². The lowest BCUT2D eigenvalue weighted by atomic mass is 9.64. The van der Waals surface area contributed by atoms with Gasteiger partial charge in [-0.1, -0.05) is 20.3 Å². The van der Waals surface area contributed by atoms with Crippen LogP contribution in [0.15, 0.2) is 0 Å². The number of rotatable bonds is 4. The van der Waals surface area contributed by atoms with E-state index in [1.165, 1.54) is 6.42 Å². The molecular weight excluding hydrogens is 202 g/mol. The van der Waals surface area contributed by atoms with Crippen LogP contribution in [0, 0.1) is 11.3 Å². The van der Waals surface area contributed by atoms with Crippen LogP contribution >= 0.6 is 0 Å². The van der Waals surface area contributed by atoms with Gasteiger partial charge in [0.05, 0.1) is 6.10 Å². The fourth-order valence-corrected chi connectivity index (χ4v) is 2.57. The first-order chi connectivity index (χ1) is 7.55. The molecule has 16 heavy (non-hydrogen) atoms. The summed E-state index contributed by atoms with van der Waals surface area (Å²) in [6.07, 6.45) is 4.65. The minimum atomic E-state index is 0.0927. The third-order valence-electron chi connectivity index (χ3n) is 4.34. The molecular formula is C13H23NO2. The van der Waals surface area contributed by atoms with Crippen LogP contribution < -0.4 is 5.32 Å². The Hall–Kier alpha value is -0.570. The molecule has 0 aromatic rings. The molecule has 0 heterocycles. The fraction of sp³-hybridized carbons (Fsp3) is 0.923. The van der Waals surface area contributed by atoms with Gasteiger partial charge in [0.25, 0.3) is 0 Å². The Morgan fingerprint density at radius 2 is 2.12 bits per heavy atom. The van der Waals surface area contributed by atoms with Gasteiger partial charge in [-0.05, 0) is 26.2 Å². The van der Waals surface area contributed by atoms with Gasteiger partial charge in [0.1, 0.15) is 0 Å². The Balaban J connectivity index is 1.81. The van der Waals surface area contributed by atoms with Gasteiger partial charge in [-0.25, -0.2) is 0 Å². The zero-order chi connectivity index (χ0) is 11.8. The molecule has 0 spiro atoms. The van der Waals surface area contributed by atoms with Gasteiger partial charge < -0.3 is 10.1 Å². The van der Waals surface area contributed by atoms with Crippen molar-refractivity contribution in [3.63, 3.8) is 0 Å². The highest BCUT2D eigenvalue weighted by atomic mass is 16.5. The van der Waals surface area contributed by atoms with E-state index in [-0.39, 0.29) is 11.3 Å². The number of hydrogen-bond acceptors (Lipinski definition) is 2. The molecule has 0 aliphatic heterocycles. The predicted molar refractivity (Wildman–Crippen MR) is 63.1 cm³/mol. The second-order valence-corrected chi connectivity index (χ2v) is 5.69. The first-order valence-corrected chi connectivity index (χ1v) is 6.47. The van der Waals surface area contributed by atoms with Crippen molar-refractivity contribution in [2.75, 3.05) is 6.61 Å². The molecule has 92 valence electrons. The molecule has 1 amide bonds. The summed E-state index contributed by atoms with van der Waals surface area (Å²) in [5.74, 6) is 0.557. The van der Waals surface area contributed by atoms with E-state index in [0.717, 1.165) is 25.9 Å². The Labute approximate surface area is 97.9 Å². The summed E-state index contributed by atoms with van der Waals surface area (Å²) < 4.78 is 5.65. The van der Waals surface area contributed by atoms with Gasteiger partial charge in [0.2, 0.25) is 5.91 Å². The molecule has 0 unspecified atom stereocenters. The highest BCUT2D eigenvalue weighted by Crippen LogP contribution is 2.43. The SMILES string of the molecule is CCO[C@@H]1C[C@H](NC(=O)C2CCC2)C1(C)C. The second-order valence-electron chi connectivity index (χ2n) is 5.69. The molecule has 2 fully saturated rings. The maximum Gasteiger partial charge on any atom is 0.223 e. The third kappa shape index (κ3) is 1.97. The van der Waals surface area contributed by atoms with E-state index in [9.17, 15) is 4.79 Å². The summed E-state index contributed by atoms with van der Waals surface area (Å²) in [4.78, 5) is 11.8. The quantitative estimate of drug-likeness (QED) is 0.795. The molecule has 3 heteroatoms. The van der Waals surface area contributed by atoms with Gasteiger partial charge >= 0.3 is 0 Å². The van der Waals surface area contributed by atoms with Crippen molar-refractivity contribution in [3.8, 4) is 0 Å². The van der Waals surface area contributed by atoms with E-state index in [4.69, 9.17) is 4.74 Å². The predicted octanol–water partition coefficient (Wildman–Crippen LogP) is 2.11. The lowest BCUT2D eigenvalue weighted by molar-refractivity contribution is -0.141. The van der Waals surface area contributed by atoms with Crippen LogP contribution in [0.4, 0.5) is 0 Å². The minimum Gasteiger partial charge on any atom is -0.378 e. The van der Waals surface area contributed by atoms with Crippen molar-refractivity contribution in [2.45, 2.75) is 58.6 Å². The summed E-state index contributed by atoms with van der Waals surface area (Å²) in [5, 5.41) is 3.18. The van der Waals surface area contributed by atoms with E-state index in [1.54, 1.807) is 0 Å². The molecule has 2 atom stereocenters. The van der Waals surface area contributed by atoms with Crippen molar-refractivity contribution in [3.05, 3.63) is 0 Å². The average Bonchev–Trinajstić information content (AvgIpc) is 2.13. The number of amides is 1. The van der Waals surface area contributed by atoms with Crippen LogP contribution in [-0.4, -0.2) is 24.7 Å². The molecule has 0 saturated heterocycles. The van der Waals surface area contributed by atoms with E-state index >= 15 is 0 Å². The summed E-state index contributed by atoms with van der Waals surface area (Å²) >= 11 is 0. The smallest absolute Gasteiger partial charge is 0.223 e. The maximum atomic E-state index is 11.8. The molecule has 3 nitrogen and oxygen atoms in total. The average molecular weight is 225 g/mol. The molecule has 1 N–H and O–H groups in total.